The van der Waals surface area contributed by atoms with Crippen LogP contribution >= 0.6 is 0 Å². The van der Waals surface area contributed by atoms with Gasteiger partial charge < -0.3 is 4.74 Å². The molecule has 0 unspecified atom stereocenters. The molecule has 1 heteroatoms. The fraction of sp³-hybridized carbons (Fsp3) is 0.250. The zero-order chi connectivity index (χ0) is 12.3. The lowest BCUT2D eigenvalue weighted by atomic mass is 10.0. The van der Waals surface area contributed by atoms with Crippen molar-refractivity contribution in [1.82, 2.24) is 0 Å². The minimum Gasteiger partial charge on any atom is -0.496 e. The van der Waals surface area contributed by atoms with Crippen LogP contribution in [0.5, 0.6) is 5.75 Å². The Kier molecular flexibility index (Phi) is 3.48. The van der Waals surface area contributed by atoms with E-state index in [4.69, 9.17) is 4.74 Å². The van der Waals surface area contributed by atoms with Gasteiger partial charge >= 0.3 is 0 Å². The van der Waals surface area contributed by atoms with Crippen LogP contribution in [0.25, 0.3) is 0 Å². The summed E-state index contributed by atoms with van der Waals surface area (Å²) in [7, 11) is 1.73. The highest BCUT2D eigenvalue weighted by Crippen LogP contribution is 2.23. The third kappa shape index (κ3) is 2.88. The van der Waals surface area contributed by atoms with Gasteiger partial charge in [0.25, 0.3) is 0 Å². The number of ether oxygens (including phenoxy) is 1. The molecule has 0 aliphatic heterocycles. The molecule has 0 fully saturated rings. The van der Waals surface area contributed by atoms with Crippen molar-refractivity contribution >= 4 is 0 Å². The molecule has 17 heavy (non-hydrogen) atoms. The monoisotopic (exact) mass is 226 g/mol. The van der Waals surface area contributed by atoms with Gasteiger partial charge in [-0.3, -0.25) is 0 Å². The highest BCUT2D eigenvalue weighted by molar-refractivity contribution is 5.40. The maximum absolute atomic E-state index is 5.40. The summed E-state index contributed by atoms with van der Waals surface area (Å²) in [6, 6.07) is 14.9. The van der Waals surface area contributed by atoms with Crippen LogP contribution in [-0.2, 0) is 6.42 Å². The van der Waals surface area contributed by atoms with Crippen LogP contribution in [-0.4, -0.2) is 7.11 Å². The fourth-order valence-electron chi connectivity index (χ4n) is 2.09. The first-order valence-corrected chi connectivity index (χ1v) is 5.88. The summed E-state index contributed by atoms with van der Waals surface area (Å²) in [5, 5.41) is 0. The average Bonchev–Trinajstić information content (AvgIpc) is 2.29. The zero-order valence-electron chi connectivity index (χ0n) is 10.7. The van der Waals surface area contributed by atoms with Crippen molar-refractivity contribution in [2.45, 2.75) is 20.3 Å². The number of hydrogen-bond donors (Lipinski definition) is 0. The van der Waals surface area contributed by atoms with Crippen LogP contribution in [0.3, 0.4) is 0 Å². The second-order valence-corrected chi connectivity index (χ2v) is 4.48. The van der Waals surface area contributed by atoms with E-state index in [0.29, 0.717) is 0 Å². The predicted molar refractivity (Wildman–Crippen MR) is 71.7 cm³/mol. The Bertz CT molecular complexity index is 515. The second-order valence-electron chi connectivity index (χ2n) is 4.48. The molecule has 0 aliphatic rings. The summed E-state index contributed by atoms with van der Waals surface area (Å²) in [4.78, 5) is 0. The first-order valence-electron chi connectivity index (χ1n) is 5.88. The molecule has 0 aliphatic carbocycles. The van der Waals surface area contributed by atoms with Crippen LogP contribution in [0.4, 0.5) is 0 Å². The third-order valence-corrected chi connectivity index (χ3v) is 2.91. The van der Waals surface area contributed by atoms with Crippen LogP contribution in [0.2, 0.25) is 0 Å². The van der Waals surface area contributed by atoms with Gasteiger partial charge in [0.15, 0.2) is 0 Å². The number of methoxy groups -OCH3 is 1. The lowest BCUT2D eigenvalue weighted by Gasteiger charge is -2.10. The molecule has 2 rings (SSSR count). The van der Waals surface area contributed by atoms with Crippen molar-refractivity contribution in [3.05, 3.63) is 64.7 Å². The summed E-state index contributed by atoms with van der Waals surface area (Å²) in [5.74, 6) is 0.970. The highest BCUT2D eigenvalue weighted by atomic mass is 16.5. The van der Waals surface area contributed by atoms with E-state index in [1.165, 1.54) is 22.3 Å². The molecular formula is C16H18O. The van der Waals surface area contributed by atoms with E-state index < -0.39 is 0 Å². The molecule has 0 radical (unpaired) electrons. The Morgan fingerprint density at radius 2 is 1.71 bits per heavy atom. The van der Waals surface area contributed by atoms with Crippen LogP contribution in [0, 0.1) is 13.8 Å². The summed E-state index contributed by atoms with van der Waals surface area (Å²) >= 11 is 0. The molecule has 2 aromatic rings. The molecule has 0 spiro atoms. The van der Waals surface area contributed by atoms with E-state index in [0.717, 1.165) is 12.2 Å². The fourth-order valence-corrected chi connectivity index (χ4v) is 2.09. The Balaban J connectivity index is 2.32. The maximum atomic E-state index is 5.40. The normalized spacial score (nSPS) is 10.3. The molecule has 0 bridgehead atoms. The zero-order valence-corrected chi connectivity index (χ0v) is 10.7. The summed E-state index contributed by atoms with van der Waals surface area (Å²) in [6.07, 6.45) is 0.923. The first kappa shape index (κ1) is 11.7. The number of aryl methyl sites for hydroxylation is 2. The molecule has 0 N–H and O–H groups in total. The van der Waals surface area contributed by atoms with Gasteiger partial charge in [-0.15, -0.1) is 0 Å². The van der Waals surface area contributed by atoms with E-state index >= 15 is 0 Å². The molecule has 0 saturated carbocycles. The third-order valence-electron chi connectivity index (χ3n) is 2.91. The summed E-state index contributed by atoms with van der Waals surface area (Å²) < 4.78 is 5.40. The van der Waals surface area contributed by atoms with Crippen LogP contribution in [0.15, 0.2) is 42.5 Å². The number of hydrogen-bond acceptors (Lipinski definition) is 1. The van der Waals surface area contributed by atoms with Gasteiger partial charge in [-0.2, -0.15) is 0 Å². The second kappa shape index (κ2) is 5.05. The first-order chi connectivity index (χ1) is 8.19. The molecule has 0 amide bonds. The standard InChI is InChI=1S/C16H18O/c1-12-5-4-6-14(9-12)11-15-10-13(2)7-8-16(15)17-3/h4-10H,11H2,1-3H3. The van der Waals surface area contributed by atoms with Crippen molar-refractivity contribution in [3.63, 3.8) is 0 Å². The topological polar surface area (TPSA) is 9.23 Å². The smallest absolute Gasteiger partial charge is 0.122 e. The molecule has 2 aromatic carbocycles. The largest absolute Gasteiger partial charge is 0.496 e. The maximum Gasteiger partial charge on any atom is 0.122 e. The summed E-state index contributed by atoms with van der Waals surface area (Å²) in [5.41, 5.74) is 5.15. The van der Waals surface area contributed by atoms with Crippen molar-refractivity contribution in [1.29, 1.82) is 0 Å². The van der Waals surface area contributed by atoms with Gasteiger partial charge in [-0.1, -0.05) is 47.5 Å². The van der Waals surface area contributed by atoms with Gasteiger partial charge in [0.05, 0.1) is 7.11 Å². The van der Waals surface area contributed by atoms with E-state index in [9.17, 15) is 0 Å². The Labute approximate surface area is 103 Å². The van der Waals surface area contributed by atoms with Gasteiger partial charge in [-0.05, 0) is 31.0 Å². The summed E-state index contributed by atoms with van der Waals surface area (Å²) in [6.45, 7) is 4.23. The molecular weight excluding hydrogens is 208 g/mol. The Morgan fingerprint density at radius 3 is 2.41 bits per heavy atom. The molecule has 0 saturated heterocycles. The highest BCUT2D eigenvalue weighted by Gasteiger charge is 2.04. The van der Waals surface area contributed by atoms with E-state index in [1.54, 1.807) is 7.11 Å². The minimum absolute atomic E-state index is 0.923. The molecule has 0 aromatic heterocycles. The Hall–Kier alpha value is -1.76. The molecule has 1 nitrogen and oxygen atoms in total. The van der Waals surface area contributed by atoms with Gasteiger partial charge in [0, 0.05) is 6.42 Å². The van der Waals surface area contributed by atoms with Gasteiger partial charge in [-0.25, -0.2) is 0 Å². The Morgan fingerprint density at radius 1 is 0.941 bits per heavy atom. The van der Waals surface area contributed by atoms with Crippen molar-refractivity contribution in [2.75, 3.05) is 7.11 Å². The molecule has 0 heterocycles. The van der Waals surface area contributed by atoms with E-state index in [1.807, 2.05) is 6.07 Å². The molecule has 0 atom stereocenters. The number of rotatable bonds is 3. The molecule has 88 valence electrons. The van der Waals surface area contributed by atoms with Gasteiger partial charge in [0.1, 0.15) is 5.75 Å². The lowest BCUT2D eigenvalue weighted by molar-refractivity contribution is 0.410. The minimum atomic E-state index is 0.923. The van der Waals surface area contributed by atoms with Crippen LogP contribution < -0.4 is 4.74 Å². The average molecular weight is 226 g/mol. The SMILES string of the molecule is COc1ccc(C)cc1Cc1cccc(C)c1. The predicted octanol–water partition coefficient (Wildman–Crippen LogP) is 3.90. The number of benzene rings is 2. The lowest BCUT2D eigenvalue weighted by Crippen LogP contribution is -1.95. The van der Waals surface area contributed by atoms with Crippen LogP contribution in [0.1, 0.15) is 22.3 Å². The van der Waals surface area contributed by atoms with Crippen molar-refractivity contribution in [3.8, 4) is 5.75 Å². The van der Waals surface area contributed by atoms with Crippen molar-refractivity contribution in [2.24, 2.45) is 0 Å². The van der Waals surface area contributed by atoms with E-state index in [2.05, 4.69) is 50.2 Å². The van der Waals surface area contributed by atoms with E-state index in [-0.39, 0.29) is 0 Å². The quantitative estimate of drug-likeness (QED) is 0.771. The van der Waals surface area contributed by atoms with Crippen molar-refractivity contribution < 1.29 is 4.74 Å². The van der Waals surface area contributed by atoms with Gasteiger partial charge in [0.2, 0.25) is 0 Å².